The number of ether oxygens (including phenoxy) is 2. The van der Waals surface area contributed by atoms with Gasteiger partial charge in [-0.15, -0.1) is 10.2 Å². The average molecular weight is 302 g/mol. The maximum absolute atomic E-state index is 11.0. The van der Waals surface area contributed by atoms with Crippen molar-refractivity contribution >= 4 is 0 Å². The standard InChI is InChI=1S/C16H18N2O4/c1-15(2)16(3,20)14(10-6-4-5-7-11(10)22-15)21-13-9-8-12(19)17-18-13/h4-9,14,20H,1-3H3,(H,17,19). The fraction of sp³-hybridized carbons (Fsp3) is 0.375. The van der Waals surface area contributed by atoms with Gasteiger partial charge < -0.3 is 19.7 Å². The average Bonchev–Trinajstić information content (AvgIpc) is 2.46. The van der Waals surface area contributed by atoms with Crippen LogP contribution in [0.3, 0.4) is 0 Å². The summed E-state index contributed by atoms with van der Waals surface area (Å²) in [6.45, 7) is 5.28. The molecule has 0 amide bonds. The summed E-state index contributed by atoms with van der Waals surface area (Å²) in [6, 6.07) is 10.3. The summed E-state index contributed by atoms with van der Waals surface area (Å²) >= 11 is 0. The van der Waals surface area contributed by atoms with Crippen molar-refractivity contribution in [1.29, 1.82) is 0 Å². The Bertz CT molecular complexity index is 683. The van der Waals surface area contributed by atoms with E-state index in [1.807, 2.05) is 38.1 Å². The summed E-state index contributed by atoms with van der Waals surface area (Å²) in [6.07, 6.45) is -0.675. The lowest BCUT2D eigenvalue weighted by Crippen LogP contribution is -2.59. The summed E-state index contributed by atoms with van der Waals surface area (Å²) in [4.78, 5) is 0. The van der Waals surface area contributed by atoms with Crippen molar-refractivity contribution in [3.63, 3.8) is 0 Å². The van der Waals surface area contributed by atoms with Crippen LogP contribution in [0.15, 0.2) is 36.4 Å². The summed E-state index contributed by atoms with van der Waals surface area (Å²) in [7, 11) is 0. The Morgan fingerprint density at radius 1 is 1.09 bits per heavy atom. The lowest BCUT2D eigenvalue weighted by atomic mass is 9.77. The summed E-state index contributed by atoms with van der Waals surface area (Å²) < 4.78 is 11.8. The van der Waals surface area contributed by atoms with Crippen molar-refractivity contribution in [3.8, 4) is 17.5 Å². The number of para-hydroxylation sites is 1. The Labute approximate surface area is 128 Å². The van der Waals surface area contributed by atoms with Gasteiger partial charge in [0.15, 0.2) is 6.10 Å². The van der Waals surface area contributed by atoms with E-state index >= 15 is 0 Å². The Kier molecular flexibility index (Phi) is 3.21. The molecule has 0 fully saturated rings. The zero-order valence-corrected chi connectivity index (χ0v) is 12.6. The molecule has 1 aromatic heterocycles. The molecule has 1 aliphatic rings. The quantitative estimate of drug-likeness (QED) is 0.885. The van der Waals surface area contributed by atoms with Gasteiger partial charge in [-0.3, -0.25) is 0 Å². The first-order valence-corrected chi connectivity index (χ1v) is 7.01. The summed E-state index contributed by atoms with van der Waals surface area (Å²) in [5.41, 5.74) is -1.40. The number of aromatic hydroxyl groups is 1. The molecular formula is C16H18N2O4. The first kappa shape index (κ1) is 14.6. The maximum Gasteiger partial charge on any atom is 0.234 e. The molecule has 0 radical (unpaired) electrons. The van der Waals surface area contributed by atoms with Crippen LogP contribution in [0, 0.1) is 0 Å². The van der Waals surface area contributed by atoms with Gasteiger partial charge in [0.2, 0.25) is 11.8 Å². The molecule has 116 valence electrons. The second-order valence-corrected chi connectivity index (χ2v) is 6.03. The van der Waals surface area contributed by atoms with Gasteiger partial charge in [-0.25, -0.2) is 0 Å². The minimum atomic E-state index is -1.29. The molecule has 0 aliphatic carbocycles. The topological polar surface area (TPSA) is 84.7 Å². The Hall–Kier alpha value is -2.34. The monoisotopic (exact) mass is 302 g/mol. The highest BCUT2D eigenvalue weighted by molar-refractivity contribution is 5.41. The number of hydrogen-bond donors (Lipinski definition) is 2. The second kappa shape index (κ2) is 4.84. The molecular weight excluding hydrogens is 284 g/mol. The van der Waals surface area contributed by atoms with Gasteiger partial charge in [0.25, 0.3) is 0 Å². The number of benzene rings is 1. The highest BCUT2D eigenvalue weighted by Gasteiger charge is 2.54. The first-order chi connectivity index (χ1) is 10.3. The fourth-order valence-corrected chi connectivity index (χ4v) is 2.46. The van der Waals surface area contributed by atoms with Crippen LogP contribution in [-0.2, 0) is 0 Å². The lowest BCUT2D eigenvalue weighted by molar-refractivity contribution is -0.175. The third-order valence-corrected chi connectivity index (χ3v) is 4.16. The summed E-state index contributed by atoms with van der Waals surface area (Å²) in [5.74, 6) is 0.693. The number of rotatable bonds is 2. The number of hydrogen-bond acceptors (Lipinski definition) is 6. The van der Waals surface area contributed by atoms with Crippen LogP contribution >= 0.6 is 0 Å². The molecule has 2 N–H and O–H groups in total. The fourth-order valence-electron chi connectivity index (χ4n) is 2.46. The van der Waals surface area contributed by atoms with E-state index in [1.165, 1.54) is 12.1 Å². The zero-order chi connectivity index (χ0) is 16.0. The molecule has 1 aromatic carbocycles. The van der Waals surface area contributed by atoms with Gasteiger partial charge in [0, 0.05) is 17.7 Å². The van der Waals surface area contributed by atoms with Crippen molar-refractivity contribution in [3.05, 3.63) is 42.0 Å². The molecule has 0 bridgehead atoms. The van der Waals surface area contributed by atoms with Crippen LogP contribution in [-0.4, -0.2) is 31.6 Å². The second-order valence-electron chi connectivity index (χ2n) is 6.03. The largest absolute Gasteiger partial charge is 0.492 e. The van der Waals surface area contributed by atoms with Gasteiger partial charge in [0.1, 0.15) is 17.0 Å². The van der Waals surface area contributed by atoms with Crippen LogP contribution in [0.25, 0.3) is 0 Å². The number of nitrogens with zero attached hydrogens (tertiary/aromatic N) is 2. The Morgan fingerprint density at radius 2 is 1.82 bits per heavy atom. The molecule has 0 spiro atoms. The predicted octanol–water partition coefficient (Wildman–Crippen LogP) is 2.22. The van der Waals surface area contributed by atoms with Crippen LogP contribution in [0.1, 0.15) is 32.4 Å². The molecule has 2 unspecified atom stereocenters. The van der Waals surface area contributed by atoms with E-state index < -0.39 is 17.3 Å². The van der Waals surface area contributed by atoms with E-state index in [1.54, 1.807) is 6.92 Å². The van der Waals surface area contributed by atoms with Crippen LogP contribution in [0.2, 0.25) is 0 Å². The van der Waals surface area contributed by atoms with E-state index in [9.17, 15) is 10.2 Å². The molecule has 2 aromatic rings. The molecule has 22 heavy (non-hydrogen) atoms. The molecule has 2 atom stereocenters. The van der Waals surface area contributed by atoms with E-state index in [0.717, 1.165) is 5.56 Å². The van der Waals surface area contributed by atoms with Gasteiger partial charge in [-0.2, -0.15) is 0 Å². The first-order valence-electron chi connectivity index (χ1n) is 7.01. The van der Waals surface area contributed by atoms with E-state index in [2.05, 4.69) is 10.2 Å². The molecule has 6 nitrogen and oxygen atoms in total. The van der Waals surface area contributed by atoms with Crippen molar-refractivity contribution in [2.24, 2.45) is 0 Å². The Morgan fingerprint density at radius 3 is 2.50 bits per heavy atom. The minimum Gasteiger partial charge on any atom is -0.492 e. The molecule has 0 saturated carbocycles. The van der Waals surface area contributed by atoms with Crippen molar-refractivity contribution in [2.75, 3.05) is 0 Å². The number of fused-ring (bicyclic) bond motifs is 1. The molecule has 0 saturated heterocycles. The zero-order valence-electron chi connectivity index (χ0n) is 12.6. The van der Waals surface area contributed by atoms with Crippen LogP contribution < -0.4 is 9.47 Å². The van der Waals surface area contributed by atoms with Crippen molar-refractivity contribution < 1.29 is 19.7 Å². The number of aliphatic hydroxyl groups is 1. The summed E-state index contributed by atoms with van der Waals surface area (Å²) in [5, 5.41) is 27.5. The van der Waals surface area contributed by atoms with E-state index in [4.69, 9.17) is 9.47 Å². The normalized spacial score (nSPS) is 25.9. The van der Waals surface area contributed by atoms with Crippen molar-refractivity contribution in [1.82, 2.24) is 10.2 Å². The minimum absolute atomic E-state index is 0.188. The SMILES string of the molecule is CC1(C)Oc2ccccc2C(Oc2ccc(O)nn2)C1(C)O. The molecule has 2 heterocycles. The molecule has 6 heteroatoms. The number of aromatic nitrogens is 2. The van der Waals surface area contributed by atoms with Gasteiger partial charge in [-0.05, 0) is 26.8 Å². The van der Waals surface area contributed by atoms with Crippen LogP contribution in [0.4, 0.5) is 0 Å². The van der Waals surface area contributed by atoms with Crippen molar-refractivity contribution in [2.45, 2.75) is 38.1 Å². The highest BCUT2D eigenvalue weighted by Crippen LogP contribution is 2.47. The van der Waals surface area contributed by atoms with E-state index in [0.29, 0.717) is 5.75 Å². The molecule has 3 rings (SSSR count). The Balaban J connectivity index is 2.04. The molecule has 1 aliphatic heterocycles. The maximum atomic E-state index is 11.0. The van der Waals surface area contributed by atoms with Crippen LogP contribution in [0.5, 0.6) is 17.5 Å². The lowest BCUT2D eigenvalue weighted by Gasteiger charge is -2.48. The highest BCUT2D eigenvalue weighted by atomic mass is 16.6. The smallest absolute Gasteiger partial charge is 0.234 e. The van der Waals surface area contributed by atoms with Gasteiger partial charge >= 0.3 is 0 Å². The third-order valence-electron chi connectivity index (χ3n) is 4.16. The van der Waals surface area contributed by atoms with Gasteiger partial charge in [-0.1, -0.05) is 18.2 Å². The van der Waals surface area contributed by atoms with E-state index in [-0.39, 0.29) is 11.8 Å². The predicted molar refractivity (Wildman–Crippen MR) is 78.8 cm³/mol. The van der Waals surface area contributed by atoms with Gasteiger partial charge in [0.05, 0.1) is 0 Å². The third kappa shape index (κ3) is 2.25.